The zero-order chi connectivity index (χ0) is 16.9. The van der Waals surface area contributed by atoms with E-state index in [1.54, 1.807) is 4.90 Å². The van der Waals surface area contributed by atoms with Crippen molar-refractivity contribution in [2.75, 3.05) is 27.7 Å². The maximum absolute atomic E-state index is 12.6. The van der Waals surface area contributed by atoms with Gasteiger partial charge >= 0.3 is 0 Å². The second-order valence-corrected chi connectivity index (χ2v) is 7.71. The lowest BCUT2D eigenvalue weighted by molar-refractivity contribution is -0.138. The van der Waals surface area contributed by atoms with E-state index in [-0.39, 0.29) is 11.3 Å². The first-order valence-corrected chi connectivity index (χ1v) is 9.16. The van der Waals surface area contributed by atoms with Crippen LogP contribution in [0.2, 0.25) is 0 Å². The summed E-state index contributed by atoms with van der Waals surface area (Å²) in [5, 5.41) is 6.99. The molecule has 2 fully saturated rings. The van der Waals surface area contributed by atoms with Crippen LogP contribution in [0.4, 0.5) is 0 Å². The van der Waals surface area contributed by atoms with E-state index >= 15 is 0 Å². The van der Waals surface area contributed by atoms with Gasteiger partial charge in [-0.15, -0.1) is 0 Å². The van der Waals surface area contributed by atoms with Crippen molar-refractivity contribution >= 4 is 11.9 Å². The SMILES string of the molecule is CN=C(NCC1(C(=O)N(C)C)CCCC1)NC1CCC(C)CC1. The summed E-state index contributed by atoms with van der Waals surface area (Å²) in [6.45, 7) is 3.02. The third-order valence-corrected chi connectivity index (χ3v) is 5.60. The standard InChI is InChI=1S/C18H34N4O/c1-14-7-9-15(10-8-14)21-17(19-2)20-13-18(11-5-6-12-18)16(23)22(3)4/h14-15H,5-13H2,1-4H3,(H2,19,20,21). The van der Waals surface area contributed by atoms with E-state index in [1.165, 1.54) is 25.7 Å². The molecule has 0 saturated heterocycles. The summed E-state index contributed by atoms with van der Waals surface area (Å²) in [5.74, 6) is 1.95. The number of carbonyl (C=O) groups excluding carboxylic acids is 1. The second kappa shape index (κ2) is 8.02. The fraction of sp³-hybridized carbons (Fsp3) is 0.889. The van der Waals surface area contributed by atoms with Gasteiger partial charge in [0.15, 0.2) is 5.96 Å². The Bertz CT molecular complexity index is 419. The van der Waals surface area contributed by atoms with Crippen molar-refractivity contribution in [2.45, 2.75) is 64.3 Å². The number of rotatable bonds is 4. The molecule has 0 heterocycles. The number of carbonyl (C=O) groups is 1. The van der Waals surface area contributed by atoms with E-state index in [0.717, 1.165) is 37.6 Å². The van der Waals surface area contributed by atoms with Crippen LogP contribution in [0.5, 0.6) is 0 Å². The average molecular weight is 322 g/mol. The smallest absolute Gasteiger partial charge is 0.230 e. The van der Waals surface area contributed by atoms with Crippen LogP contribution >= 0.6 is 0 Å². The molecule has 5 heteroatoms. The first-order chi connectivity index (χ1) is 11.0. The Morgan fingerprint density at radius 3 is 2.30 bits per heavy atom. The van der Waals surface area contributed by atoms with Gasteiger partial charge in [0.1, 0.15) is 0 Å². The lowest BCUT2D eigenvalue weighted by atomic mass is 9.84. The molecule has 132 valence electrons. The molecule has 0 aliphatic heterocycles. The Labute approximate surface area is 141 Å². The molecule has 0 aromatic heterocycles. The van der Waals surface area contributed by atoms with E-state index in [4.69, 9.17) is 0 Å². The Morgan fingerprint density at radius 2 is 1.78 bits per heavy atom. The summed E-state index contributed by atoms with van der Waals surface area (Å²) in [7, 11) is 5.53. The van der Waals surface area contributed by atoms with Crippen molar-refractivity contribution in [3.8, 4) is 0 Å². The largest absolute Gasteiger partial charge is 0.355 e. The highest BCUT2D eigenvalue weighted by Gasteiger charge is 2.42. The number of aliphatic imine (C=N–C) groups is 1. The van der Waals surface area contributed by atoms with Crippen LogP contribution in [-0.2, 0) is 4.79 Å². The minimum absolute atomic E-state index is 0.248. The minimum atomic E-state index is -0.248. The maximum atomic E-state index is 12.6. The number of hydrogen-bond donors (Lipinski definition) is 2. The van der Waals surface area contributed by atoms with Crippen molar-refractivity contribution in [1.29, 1.82) is 0 Å². The molecule has 0 spiro atoms. The summed E-state index contributed by atoms with van der Waals surface area (Å²) in [5.41, 5.74) is -0.248. The molecule has 0 bridgehead atoms. The van der Waals surface area contributed by atoms with Crippen molar-refractivity contribution in [2.24, 2.45) is 16.3 Å². The zero-order valence-electron chi connectivity index (χ0n) is 15.3. The van der Waals surface area contributed by atoms with Gasteiger partial charge in [-0.1, -0.05) is 19.8 Å². The van der Waals surface area contributed by atoms with Crippen molar-refractivity contribution in [3.05, 3.63) is 0 Å². The third-order valence-electron chi connectivity index (χ3n) is 5.60. The molecule has 5 nitrogen and oxygen atoms in total. The lowest BCUT2D eigenvalue weighted by Crippen LogP contribution is -2.51. The Balaban J connectivity index is 1.89. The highest BCUT2D eigenvalue weighted by Crippen LogP contribution is 2.38. The number of guanidine groups is 1. The topological polar surface area (TPSA) is 56.7 Å². The molecule has 2 rings (SSSR count). The molecule has 2 N–H and O–H groups in total. The molecule has 23 heavy (non-hydrogen) atoms. The number of amides is 1. The average Bonchev–Trinajstić information content (AvgIpc) is 3.02. The molecule has 2 saturated carbocycles. The Morgan fingerprint density at radius 1 is 1.17 bits per heavy atom. The van der Waals surface area contributed by atoms with Gasteiger partial charge in [0.2, 0.25) is 5.91 Å². The van der Waals surface area contributed by atoms with Gasteiger partial charge in [-0.3, -0.25) is 9.79 Å². The molecular weight excluding hydrogens is 288 g/mol. The van der Waals surface area contributed by atoms with E-state index in [9.17, 15) is 4.79 Å². The minimum Gasteiger partial charge on any atom is -0.355 e. The predicted molar refractivity (Wildman–Crippen MR) is 95.5 cm³/mol. The van der Waals surface area contributed by atoms with Crippen LogP contribution < -0.4 is 10.6 Å². The van der Waals surface area contributed by atoms with Crippen LogP contribution in [0.1, 0.15) is 58.3 Å². The first-order valence-electron chi connectivity index (χ1n) is 9.16. The second-order valence-electron chi connectivity index (χ2n) is 7.71. The van der Waals surface area contributed by atoms with Gasteiger partial charge in [0.25, 0.3) is 0 Å². The van der Waals surface area contributed by atoms with Crippen molar-refractivity contribution < 1.29 is 4.79 Å². The lowest BCUT2D eigenvalue weighted by Gasteiger charge is -2.33. The van der Waals surface area contributed by atoms with Crippen molar-refractivity contribution in [3.63, 3.8) is 0 Å². The van der Waals surface area contributed by atoms with Crippen LogP contribution in [0.3, 0.4) is 0 Å². The quantitative estimate of drug-likeness (QED) is 0.617. The fourth-order valence-electron chi connectivity index (χ4n) is 4.04. The molecule has 2 aliphatic rings. The third kappa shape index (κ3) is 4.61. The monoisotopic (exact) mass is 322 g/mol. The summed E-state index contributed by atoms with van der Waals surface area (Å²) in [4.78, 5) is 18.7. The summed E-state index contributed by atoms with van der Waals surface area (Å²) < 4.78 is 0. The van der Waals surface area contributed by atoms with E-state index in [2.05, 4.69) is 22.5 Å². The molecule has 0 atom stereocenters. The molecule has 1 amide bonds. The van der Waals surface area contributed by atoms with Gasteiger partial charge in [-0.25, -0.2) is 0 Å². The van der Waals surface area contributed by atoms with Gasteiger partial charge < -0.3 is 15.5 Å². The predicted octanol–water partition coefficient (Wildman–Crippen LogP) is 2.38. The molecular formula is C18H34N4O. The fourth-order valence-corrected chi connectivity index (χ4v) is 4.04. The highest BCUT2D eigenvalue weighted by atomic mass is 16.2. The molecule has 2 aliphatic carbocycles. The summed E-state index contributed by atoms with van der Waals surface area (Å²) in [6.07, 6.45) is 9.26. The molecule has 0 aromatic carbocycles. The van der Waals surface area contributed by atoms with E-state index in [0.29, 0.717) is 12.6 Å². The van der Waals surface area contributed by atoms with Crippen LogP contribution in [-0.4, -0.2) is 50.5 Å². The van der Waals surface area contributed by atoms with Crippen LogP contribution in [0.15, 0.2) is 4.99 Å². The maximum Gasteiger partial charge on any atom is 0.230 e. The van der Waals surface area contributed by atoms with Gasteiger partial charge in [0.05, 0.1) is 5.41 Å². The summed E-state index contributed by atoms with van der Waals surface area (Å²) >= 11 is 0. The Kier molecular flexibility index (Phi) is 6.31. The van der Waals surface area contributed by atoms with Crippen molar-refractivity contribution in [1.82, 2.24) is 15.5 Å². The molecule has 0 radical (unpaired) electrons. The van der Waals surface area contributed by atoms with Gasteiger partial charge in [-0.05, 0) is 44.4 Å². The summed E-state index contributed by atoms with van der Waals surface area (Å²) in [6, 6.07) is 0.515. The normalized spacial score (nSPS) is 27.6. The number of nitrogens with one attached hydrogen (secondary N) is 2. The number of hydrogen-bond acceptors (Lipinski definition) is 2. The number of nitrogens with zero attached hydrogens (tertiary/aromatic N) is 2. The zero-order valence-corrected chi connectivity index (χ0v) is 15.3. The van der Waals surface area contributed by atoms with Crippen LogP contribution in [0.25, 0.3) is 0 Å². The highest BCUT2D eigenvalue weighted by molar-refractivity contribution is 5.85. The Hall–Kier alpha value is -1.26. The van der Waals surface area contributed by atoms with Crippen LogP contribution in [0, 0.1) is 11.3 Å². The molecule has 0 aromatic rings. The van der Waals surface area contributed by atoms with E-state index in [1.807, 2.05) is 21.1 Å². The van der Waals surface area contributed by atoms with E-state index < -0.39 is 0 Å². The first kappa shape index (κ1) is 18.1. The van der Waals surface area contributed by atoms with Gasteiger partial charge in [-0.2, -0.15) is 0 Å². The molecule has 0 unspecified atom stereocenters. The van der Waals surface area contributed by atoms with Gasteiger partial charge in [0, 0.05) is 33.7 Å².